The normalized spacial score (nSPS) is 13.1. The van der Waals surface area contributed by atoms with Gasteiger partial charge in [0.25, 0.3) is 15.0 Å². The van der Waals surface area contributed by atoms with E-state index < -0.39 is 57.1 Å². The van der Waals surface area contributed by atoms with Gasteiger partial charge in [0.15, 0.2) is 20.0 Å². The minimum Gasteiger partial charge on any atom is -0.481 e. The number of aliphatic hydroxyl groups is 1. The van der Waals surface area contributed by atoms with E-state index in [0.29, 0.717) is 25.9 Å². The standard InChI is InChI=1S/C13H22NO2P.2C8H10O2P.C7H8O.C6H12NO6P.C5H13N.CH3O2P.2CH4.H2O/c1-4-8-12(2)14-17(3,15)16-11-13-9-6-5-7-10-13;2*1-11(9)10-7-8-5-3-2-4-6-8;8-6-7-4-2-1-3-5-7;1-14(12,13)7-4(6(10)11)2-3-5(8)9;1-3-4-5(2)6;1-4(2)3;;;/h5-7,9-10,12H,4,8,11H2,1-3H3,(H,14,15);2*2-6H,7H2,1H3;1-5,8H,6H2;4H,2-3H2,1H3,(H,8,9)(H,10,11)(H2,7,12,13);5H,3-4,6H2,1-2H3;1H3;2*1H4;1H2/q;2*+1;;;;;;;/p+1. The number of nitrogens with two attached hydrogens (primary N) is 1. The first-order valence-corrected chi connectivity index (χ1v) is 31.6. The van der Waals surface area contributed by atoms with Crippen molar-refractivity contribution in [3.05, 3.63) is 144 Å². The lowest BCUT2D eigenvalue weighted by molar-refractivity contribution is -0.140. The molecular formula is C50H89N3O16P5+3. The zero-order valence-corrected chi connectivity index (χ0v) is 47.5. The fourth-order valence-corrected chi connectivity index (χ4v) is 7.90. The topological polar surface area (TPSA) is 330 Å². The number of carboxylic acids is 2. The summed E-state index contributed by atoms with van der Waals surface area (Å²) in [6, 6.07) is 38.0. The van der Waals surface area contributed by atoms with Crippen LogP contribution in [0.1, 0.15) is 103 Å². The molecule has 8 atom stereocenters. The first-order valence-electron chi connectivity index (χ1n) is 22.5. The van der Waals surface area contributed by atoms with Crippen LogP contribution in [0.3, 0.4) is 0 Å². The van der Waals surface area contributed by atoms with Crippen molar-refractivity contribution < 1.29 is 76.6 Å². The van der Waals surface area contributed by atoms with Gasteiger partial charge in [-0.1, -0.05) is 163 Å². The molecule has 0 heterocycles. The number of aliphatic carboxylic acids is 2. The molecule has 4 aromatic carbocycles. The lowest BCUT2D eigenvalue weighted by atomic mass is 10.2. The van der Waals surface area contributed by atoms with E-state index in [1.165, 1.54) is 13.1 Å². The van der Waals surface area contributed by atoms with Gasteiger partial charge >= 0.3 is 36.0 Å². The Bertz CT molecular complexity index is 2040. The van der Waals surface area contributed by atoms with E-state index in [1.54, 1.807) is 20.0 Å². The quantitative estimate of drug-likeness (QED) is 0.0339. The molecular weight excluding hydrogens is 1050 g/mol. The molecule has 0 aliphatic heterocycles. The molecule has 0 aromatic heterocycles. The summed E-state index contributed by atoms with van der Waals surface area (Å²) in [6.07, 6.45) is 3.84. The average molecular weight is 1140 g/mol. The van der Waals surface area contributed by atoms with Gasteiger partial charge in [-0.25, -0.2) is 10.2 Å². The fourth-order valence-electron chi connectivity index (χ4n) is 5.03. The van der Waals surface area contributed by atoms with Crippen LogP contribution < -0.4 is 15.9 Å². The molecule has 422 valence electrons. The Kier molecular flexibility index (Phi) is 56.5. The van der Waals surface area contributed by atoms with Crippen LogP contribution in [0, 0.1) is 0 Å². The number of carbonyl (C=O) groups is 2. The van der Waals surface area contributed by atoms with Gasteiger partial charge in [-0.05, 0) is 69.1 Å². The zero-order chi connectivity index (χ0) is 54.7. The summed E-state index contributed by atoms with van der Waals surface area (Å²) >= 11 is 0. The van der Waals surface area contributed by atoms with Gasteiger partial charge in [-0.15, -0.1) is 9.05 Å². The maximum absolute atomic E-state index is 12.1. The van der Waals surface area contributed by atoms with Crippen LogP contribution in [0.5, 0.6) is 0 Å². The van der Waals surface area contributed by atoms with Crippen molar-refractivity contribution in [2.24, 2.45) is 5.73 Å². The summed E-state index contributed by atoms with van der Waals surface area (Å²) in [4.78, 5) is 37.0. The maximum Gasteiger partial charge on any atom is 0.505 e. The van der Waals surface area contributed by atoms with Crippen molar-refractivity contribution in [1.29, 1.82) is 0 Å². The van der Waals surface area contributed by atoms with E-state index in [2.05, 4.69) is 18.9 Å². The highest BCUT2D eigenvalue weighted by Crippen LogP contribution is 2.39. The molecule has 19 nitrogen and oxygen atoms in total. The first kappa shape index (κ1) is 81.5. The molecule has 11 N–H and O–H groups in total. The molecule has 0 radical (unpaired) electrons. The van der Waals surface area contributed by atoms with Gasteiger partial charge in [-0.2, -0.15) is 4.89 Å². The number of aliphatic hydroxyl groups excluding tert-OH is 1. The SMILES string of the molecule is C.C.CCCC(C)N.CCCC(C)NP(C)(=O)OCc1ccccc1.CP(=O)(O)NC(CCC(=O)O)C(=O)O.C[P+](=O)O.C[P+](=O)OCc1ccccc1.C[P+](=O)OCc1ccccc1.O.OCc1ccccc1. The third kappa shape index (κ3) is 60.7. The molecule has 0 bridgehead atoms. The van der Waals surface area contributed by atoms with Crippen molar-refractivity contribution in [2.45, 2.75) is 126 Å². The van der Waals surface area contributed by atoms with Gasteiger partial charge in [0, 0.05) is 31.8 Å². The molecule has 0 aliphatic carbocycles. The van der Waals surface area contributed by atoms with E-state index in [0.717, 1.165) is 48.2 Å². The number of hydrogen-bond acceptors (Lipinski definition) is 12. The molecule has 0 spiro atoms. The van der Waals surface area contributed by atoms with E-state index in [1.807, 2.05) is 140 Å². The van der Waals surface area contributed by atoms with Crippen LogP contribution in [0.4, 0.5) is 0 Å². The second kappa shape index (κ2) is 51.3. The lowest BCUT2D eigenvalue weighted by Crippen LogP contribution is -2.34. The Morgan fingerprint density at radius 1 is 0.635 bits per heavy atom. The highest BCUT2D eigenvalue weighted by atomic mass is 31.2. The molecule has 0 saturated heterocycles. The minimum absolute atomic E-state index is 0. The number of benzene rings is 4. The molecule has 8 unspecified atom stereocenters. The molecule has 0 aliphatic rings. The monoisotopic (exact) mass is 1140 g/mol. The van der Waals surface area contributed by atoms with Crippen molar-refractivity contribution >= 4 is 51.1 Å². The largest absolute Gasteiger partial charge is 0.505 e. The van der Waals surface area contributed by atoms with Gasteiger partial charge in [0.1, 0.15) is 19.3 Å². The van der Waals surface area contributed by atoms with Crippen LogP contribution in [0.2, 0.25) is 0 Å². The minimum atomic E-state index is -3.66. The summed E-state index contributed by atoms with van der Waals surface area (Å²) in [5, 5.41) is 30.4. The predicted octanol–water partition coefficient (Wildman–Crippen LogP) is 11.8. The van der Waals surface area contributed by atoms with Crippen LogP contribution in [-0.2, 0) is 72.4 Å². The van der Waals surface area contributed by atoms with Crippen molar-refractivity contribution in [1.82, 2.24) is 10.2 Å². The molecule has 74 heavy (non-hydrogen) atoms. The summed E-state index contributed by atoms with van der Waals surface area (Å²) in [6.45, 7) is 16.7. The first-order chi connectivity index (χ1) is 33.3. The van der Waals surface area contributed by atoms with Crippen molar-refractivity contribution in [2.75, 3.05) is 33.3 Å². The van der Waals surface area contributed by atoms with Crippen molar-refractivity contribution in [3.8, 4) is 0 Å². The Hall–Kier alpha value is -3.82. The zero-order valence-electron chi connectivity index (χ0n) is 43.0. The molecule has 0 saturated carbocycles. The number of carboxylic acid groups (broad SMARTS) is 2. The van der Waals surface area contributed by atoms with E-state index in [-0.39, 0.29) is 45.8 Å². The van der Waals surface area contributed by atoms with E-state index in [9.17, 15) is 27.8 Å². The second-order valence-electron chi connectivity index (χ2n) is 15.5. The maximum atomic E-state index is 12.1. The van der Waals surface area contributed by atoms with E-state index >= 15 is 0 Å². The van der Waals surface area contributed by atoms with Gasteiger partial charge in [-0.3, -0.25) is 18.7 Å². The molecule has 0 amide bonds. The highest BCUT2D eigenvalue weighted by Gasteiger charge is 2.24. The molecule has 24 heteroatoms. The van der Waals surface area contributed by atoms with Crippen LogP contribution in [-0.4, -0.2) is 94.0 Å². The molecule has 0 fully saturated rings. The highest BCUT2D eigenvalue weighted by molar-refractivity contribution is 7.56. The van der Waals surface area contributed by atoms with Crippen LogP contribution >= 0.6 is 39.1 Å². The fraction of sp³-hybridized carbons (Fsp3) is 0.480. The Morgan fingerprint density at radius 3 is 1.22 bits per heavy atom. The summed E-state index contributed by atoms with van der Waals surface area (Å²) in [7, 11) is -11.2. The van der Waals surface area contributed by atoms with Gasteiger partial charge in [0.2, 0.25) is 0 Å². The third-order valence-electron chi connectivity index (χ3n) is 8.12. The summed E-state index contributed by atoms with van der Waals surface area (Å²) in [5.74, 6) is -2.50. The summed E-state index contributed by atoms with van der Waals surface area (Å²) in [5.41, 5.74) is 9.52. The number of hydrogen-bond donors (Lipinski definition) is 8. The van der Waals surface area contributed by atoms with Crippen LogP contribution in [0.25, 0.3) is 0 Å². The number of nitrogens with one attached hydrogen (secondary N) is 2. The van der Waals surface area contributed by atoms with E-state index in [4.69, 9.17) is 49.0 Å². The Labute approximate surface area is 444 Å². The van der Waals surface area contributed by atoms with Gasteiger partial charge in [0.05, 0.1) is 13.2 Å². The molecule has 4 rings (SSSR count). The third-order valence-corrected chi connectivity index (χ3v) is 11.4. The smallest absolute Gasteiger partial charge is 0.481 e. The lowest BCUT2D eigenvalue weighted by Gasteiger charge is -2.20. The average Bonchev–Trinajstić information content (AvgIpc) is 3.30. The molecule has 4 aromatic rings. The Morgan fingerprint density at radius 2 is 0.973 bits per heavy atom. The summed E-state index contributed by atoms with van der Waals surface area (Å²) < 4.78 is 68.5. The van der Waals surface area contributed by atoms with Crippen molar-refractivity contribution in [3.63, 3.8) is 0 Å². The van der Waals surface area contributed by atoms with Gasteiger partial charge < -0.3 is 35.9 Å². The second-order valence-corrected chi connectivity index (χ2v) is 23.0. The predicted molar refractivity (Wildman–Crippen MR) is 303 cm³/mol. The Balaban J connectivity index is -0.000000187. The van der Waals surface area contributed by atoms with Crippen LogP contribution in [0.15, 0.2) is 121 Å². The number of rotatable bonds is 22.